The van der Waals surface area contributed by atoms with Crippen LogP contribution in [-0.2, 0) is 4.74 Å². The molecule has 1 aliphatic heterocycles. The summed E-state index contributed by atoms with van der Waals surface area (Å²) in [6.07, 6.45) is -0.850. The number of rotatable bonds is 0. The fourth-order valence-corrected chi connectivity index (χ4v) is 0.654. The van der Waals surface area contributed by atoms with Crippen molar-refractivity contribution in [1.29, 1.82) is 0 Å². The van der Waals surface area contributed by atoms with E-state index in [0.29, 0.717) is 0 Å². The molecule has 0 amide bonds. The fraction of sp³-hybridized carbons (Fsp3) is 1.00. The fourth-order valence-electron chi connectivity index (χ4n) is 0.654. The maximum atomic E-state index is 8.62. The van der Waals surface area contributed by atoms with E-state index in [1.54, 1.807) is 0 Å². The predicted molar refractivity (Wildman–Crippen MR) is 23.7 cm³/mol. The van der Waals surface area contributed by atoms with Gasteiger partial charge in [-0.05, 0) is 0 Å². The van der Waals surface area contributed by atoms with Crippen LogP contribution in [0.1, 0.15) is 6.42 Å². The van der Waals surface area contributed by atoms with E-state index in [0.717, 1.165) is 0 Å². The predicted octanol–water partition coefficient (Wildman–Crippen LogP) is -1.59. The second-order valence-electron chi connectivity index (χ2n) is 1.91. The van der Waals surface area contributed by atoms with Gasteiger partial charge in [-0.1, -0.05) is 0 Å². The van der Waals surface area contributed by atoms with Crippen LogP contribution in [0, 0.1) is 0 Å². The van der Waals surface area contributed by atoms with Crippen LogP contribution in [0.2, 0.25) is 0 Å². The van der Waals surface area contributed by atoms with Crippen LogP contribution >= 0.6 is 0 Å². The largest absolute Gasteiger partial charge is 0.390 e. The van der Waals surface area contributed by atoms with Gasteiger partial charge in [-0.3, -0.25) is 0 Å². The number of aliphatic hydroxyl groups is 3. The van der Waals surface area contributed by atoms with Crippen LogP contribution in [0.25, 0.3) is 0 Å². The Balaban J connectivity index is 2.44. The Kier molecular flexibility index (Phi) is 1.24. The Morgan fingerprint density at radius 2 is 2.12 bits per heavy atom. The van der Waals surface area contributed by atoms with Crippen LogP contribution in [-0.4, -0.2) is 34.0 Å². The van der Waals surface area contributed by atoms with Crippen molar-refractivity contribution >= 4 is 0 Å². The van der Waals surface area contributed by atoms with Crippen molar-refractivity contribution in [2.45, 2.75) is 18.5 Å². The smallest absolute Gasteiger partial charge is 0.280 e. The quantitative estimate of drug-likeness (QED) is 0.337. The molecule has 0 saturated carbocycles. The van der Waals surface area contributed by atoms with E-state index in [1.165, 1.54) is 0 Å². The zero-order valence-corrected chi connectivity index (χ0v) is 4.24. The summed E-state index contributed by atoms with van der Waals surface area (Å²) in [6, 6.07) is 0. The van der Waals surface area contributed by atoms with Crippen molar-refractivity contribution in [2.24, 2.45) is 0 Å². The minimum Gasteiger partial charge on any atom is -0.390 e. The second-order valence-corrected chi connectivity index (χ2v) is 1.91. The van der Waals surface area contributed by atoms with Gasteiger partial charge in [-0.25, -0.2) is 0 Å². The maximum absolute atomic E-state index is 8.62. The molecular formula is C4H8O4. The molecule has 8 heavy (non-hydrogen) atoms. The molecule has 1 atom stereocenters. The molecule has 1 rings (SSSR count). The summed E-state index contributed by atoms with van der Waals surface area (Å²) in [7, 11) is 0. The molecule has 0 aromatic heterocycles. The molecule has 4 nitrogen and oxygen atoms in total. The van der Waals surface area contributed by atoms with Crippen LogP contribution in [0.15, 0.2) is 0 Å². The van der Waals surface area contributed by atoms with E-state index in [4.69, 9.17) is 15.3 Å². The van der Waals surface area contributed by atoms with Gasteiger partial charge < -0.3 is 20.1 Å². The Labute approximate surface area is 46.3 Å². The lowest BCUT2D eigenvalue weighted by Gasteiger charge is -2.10. The van der Waals surface area contributed by atoms with Gasteiger partial charge >= 0.3 is 0 Å². The summed E-state index contributed by atoms with van der Waals surface area (Å²) in [5, 5.41) is 25.7. The van der Waals surface area contributed by atoms with Gasteiger partial charge in [0.25, 0.3) is 5.97 Å². The molecule has 4 heteroatoms. The van der Waals surface area contributed by atoms with E-state index in [1.807, 2.05) is 0 Å². The van der Waals surface area contributed by atoms with Gasteiger partial charge in [0, 0.05) is 0 Å². The average Bonchev–Trinajstić information content (AvgIpc) is 1.82. The molecule has 1 aliphatic rings. The lowest BCUT2D eigenvalue weighted by molar-refractivity contribution is -0.313. The summed E-state index contributed by atoms with van der Waals surface area (Å²) in [5.41, 5.74) is 0. The van der Waals surface area contributed by atoms with Crippen molar-refractivity contribution in [3.8, 4) is 0 Å². The highest BCUT2D eigenvalue weighted by molar-refractivity contribution is 4.68. The van der Waals surface area contributed by atoms with Gasteiger partial charge in [-0.2, -0.15) is 0 Å². The molecule has 0 aromatic rings. The number of aliphatic hydroxyl groups excluding tert-OH is 1. The first kappa shape index (κ1) is 5.97. The van der Waals surface area contributed by atoms with Crippen LogP contribution in [0.3, 0.4) is 0 Å². The lowest BCUT2D eigenvalue weighted by Crippen LogP contribution is -2.26. The molecule has 48 valence electrons. The first-order valence-corrected chi connectivity index (χ1v) is 2.37. The molecular weight excluding hydrogens is 112 g/mol. The molecule has 0 spiro atoms. The standard InChI is InChI=1S/C4H8O4/c5-3-1-4(6,7)8-2-3/h3,5-7H,1-2H2. The minimum atomic E-state index is -2.08. The van der Waals surface area contributed by atoms with Gasteiger partial charge in [0.1, 0.15) is 0 Å². The molecule has 0 radical (unpaired) electrons. The summed E-state index contributed by atoms with van der Waals surface area (Å²) < 4.78 is 4.31. The molecule has 0 aromatic carbocycles. The number of hydrogen-bond donors (Lipinski definition) is 3. The highest BCUT2D eigenvalue weighted by Gasteiger charge is 2.35. The van der Waals surface area contributed by atoms with Crippen molar-refractivity contribution in [1.82, 2.24) is 0 Å². The van der Waals surface area contributed by atoms with Crippen LogP contribution in [0.5, 0.6) is 0 Å². The van der Waals surface area contributed by atoms with Crippen molar-refractivity contribution in [3.05, 3.63) is 0 Å². The van der Waals surface area contributed by atoms with Crippen molar-refractivity contribution in [2.75, 3.05) is 6.61 Å². The van der Waals surface area contributed by atoms with Gasteiger partial charge in [-0.15, -0.1) is 0 Å². The Morgan fingerprint density at radius 3 is 2.25 bits per heavy atom. The molecule has 1 heterocycles. The van der Waals surface area contributed by atoms with Gasteiger partial charge in [0.15, 0.2) is 0 Å². The maximum Gasteiger partial charge on any atom is 0.280 e. The van der Waals surface area contributed by atoms with Gasteiger partial charge in [0.05, 0.1) is 19.1 Å². The molecule has 3 N–H and O–H groups in total. The minimum absolute atomic E-state index is 0.00694. The average molecular weight is 120 g/mol. The normalized spacial score (nSPS) is 35.6. The molecule has 1 fully saturated rings. The molecule has 0 aliphatic carbocycles. The molecule has 1 unspecified atom stereocenters. The third-order valence-electron chi connectivity index (χ3n) is 1.01. The summed E-state index contributed by atoms with van der Waals surface area (Å²) in [5.74, 6) is -2.08. The highest BCUT2D eigenvalue weighted by Crippen LogP contribution is 2.18. The number of hydrogen-bond acceptors (Lipinski definition) is 4. The lowest BCUT2D eigenvalue weighted by atomic mass is 10.3. The van der Waals surface area contributed by atoms with E-state index in [9.17, 15) is 0 Å². The summed E-state index contributed by atoms with van der Waals surface area (Å²) in [4.78, 5) is 0. The van der Waals surface area contributed by atoms with E-state index in [-0.39, 0.29) is 13.0 Å². The van der Waals surface area contributed by atoms with E-state index < -0.39 is 12.1 Å². The number of ether oxygens (including phenoxy) is 1. The molecule has 1 saturated heterocycles. The topological polar surface area (TPSA) is 69.9 Å². The van der Waals surface area contributed by atoms with Crippen molar-refractivity contribution < 1.29 is 20.1 Å². The SMILES string of the molecule is OC1COC(O)(O)C1. The third kappa shape index (κ3) is 1.16. The molecule has 0 bridgehead atoms. The zero-order valence-electron chi connectivity index (χ0n) is 4.24. The summed E-state index contributed by atoms with van der Waals surface area (Å²) >= 11 is 0. The van der Waals surface area contributed by atoms with Crippen LogP contribution < -0.4 is 0 Å². The van der Waals surface area contributed by atoms with Gasteiger partial charge in [0.2, 0.25) is 0 Å². The Morgan fingerprint density at radius 1 is 1.50 bits per heavy atom. The Hall–Kier alpha value is -0.160. The Bertz CT molecular complexity index is 90.0. The highest BCUT2D eigenvalue weighted by atomic mass is 16.8. The van der Waals surface area contributed by atoms with E-state index in [2.05, 4.69) is 4.74 Å². The first-order chi connectivity index (χ1) is 3.60. The second kappa shape index (κ2) is 1.66. The zero-order chi connectivity index (χ0) is 6.20. The monoisotopic (exact) mass is 120 g/mol. The summed E-state index contributed by atoms with van der Waals surface area (Å²) in [6.45, 7) is 0.00694. The van der Waals surface area contributed by atoms with Crippen LogP contribution in [0.4, 0.5) is 0 Å². The third-order valence-corrected chi connectivity index (χ3v) is 1.01. The van der Waals surface area contributed by atoms with E-state index >= 15 is 0 Å². The van der Waals surface area contributed by atoms with Crippen molar-refractivity contribution in [3.63, 3.8) is 0 Å². The first-order valence-electron chi connectivity index (χ1n) is 2.37.